The van der Waals surface area contributed by atoms with E-state index in [4.69, 9.17) is 14.2 Å². The Balaban J connectivity index is 2.00. The third kappa shape index (κ3) is 3.99. The Morgan fingerprint density at radius 1 is 0.952 bits per heavy atom. The van der Waals surface area contributed by atoms with Crippen molar-refractivity contribution in [3.8, 4) is 17.2 Å². The fraction of sp³-hybridized carbons (Fsp3) is 0.235. The van der Waals surface area contributed by atoms with Crippen LogP contribution in [0.15, 0.2) is 48.5 Å². The number of ether oxygens (including phenoxy) is 3. The predicted molar refractivity (Wildman–Crippen MR) is 80.4 cm³/mol. The van der Waals surface area contributed by atoms with Crippen LogP contribution in [0.1, 0.15) is 17.3 Å². The van der Waals surface area contributed by atoms with Gasteiger partial charge in [0.15, 0.2) is 23.9 Å². The van der Waals surface area contributed by atoms with Gasteiger partial charge in [0, 0.05) is 5.56 Å². The SMILES string of the molecule is CCOc1ccccc1OCC(=O)c1ccc(OC)cc1. The maximum Gasteiger partial charge on any atom is 0.200 e. The molecule has 0 spiro atoms. The van der Waals surface area contributed by atoms with E-state index in [1.807, 2.05) is 25.1 Å². The fourth-order valence-corrected chi connectivity index (χ4v) is 1.85. The second-order valence-corrected chi connectivity index (χ2v) is 4.32. The normalized spacial score (nSPS) is 10.0. The summed E-state index contributed by atoms with van der Waals surface area (Å²) in [5.74, 6) is 1.84. The molecule has 0 saturated heterocycles. The topological polar surface area (TPSA) is 44.8 Å². The molecule has 2 aromatic rings. The summed E-state index contributed by atoms with van der Waals surface area (Å²) in [5, 5.41) is 0. The molecular weight excluding hydrogens is 268 g/mol. The van der Waals surface area contributed by atoms with E-state index in [1.54, 1.807) is 37.4 Å². The summed E-state index contributed by atoms with van der Waals surface area (Å²) >= 11 is 0. The summed E-state index contributed by atoms with van der Waals surface area (Å²) in [6.07, 6.45) is 0. The van der Waals surface area contributed by atoms with Crippen LogP contribution in [0.25, 0.3) is 0 Å². The van der Waals surface area contributed by atoms with Crippen molar-refractivity contribution >= 4 is 5.78 Å². The molecule has 0 fully saturated rings. The first-order valence-electron chi connectivity index (χ1n) is 6.76. The number of para-hydroxylation sites is 2. The Morgan fingerprint density at radius 3 is 2.14 bits per heavy atom. The number of benzene rings is 2. The number of ketones is 1. The van der Waals surface area contributed by atoms with E-state index in [2.05, 4.69) is 0 Å². The lowest BCUT2D eigenvalue weighted by Crippen LogP contribution is -2.12. The summed E-state index contributed by atoms with van der Waals surface area (Å²) in [6.45, 7) is 2.42. The van der Waals surface area contributed by atoms with Crippen molar-refractivity contribution < 1.29 is 19.0 Å². The van der Waals surface area contributed by atoms with E-state index in [9.17, 15) is 4.79 Å². The van der Waals surface area contributed by atoms with Crippen LogP contribution in [0.5, 0.6) is 17.2 Å². The average Bonchev–Trinajstić information content (AvgIpc) is 2.54. The molecule has 0 aromatic heterocycles. The summed E-state index contributed by atoms with van der Waals surface area (Å²) in [5.41, 5.74) is 0.588. The van der Waals surface area contributed by atoms with E-state index in [1.165, 1.54) is 0 Å². The zero-order valence-electron chi connectivity index (χ0n) is 12.2. The van der Waals surface area contributed by atoms with E-state index in [0.717, 1.165) is 0 Å². The molecule has 0 saturated carbocycles. The molecule has 0 heterocycles. The second kappa shape index (κ2) is 7.33. The van der Waals surface area contributed by atoms with Crippen molar-refractivity contribution in [3.05, 3.63) is 54.1 Å². The van der Waals surface area contributed by atoms with Crippen LogP contribution in [0, 0.1) is 0 Å². The number of carbonyl (C=O) groups excluding carboxylic acids is 1. The molecule has 2 rings (SSSR count). The monoisotopic (exact) mass is 286 g/mol. The average molecular weight is 286 g/mol. The summed E-state index contributed by atoms with van der Waals surface area (Å²) < 4.78 is 16.1. The molecule has 0 radical (unpaired) electrons. The van der Waals surface area contributed by atoms with Crippen molar-refractivity contribution in [1.82, 2.24) is 0 Å². The maximum atomic E-state index is 12.1. The summed E-state index contributed by atoms with van der Waals surface area (Å²) in [6, 6.07) is 14.3. The summed E-state index contributed by atoms with van der Waals surface area (Å²) in [7, 11) is 1.59. The van der Waals surface area contributed by atoms with E-state index in [0.29, 0.717) is 29.4 Å². The molecule has 2 aromatic carbocycles. The van der Waals surface area contributed by atoms with Gasteiger partial charge >= 0.3 is 0 Å². The quantitative estimate of drug-likeness (QED) is 0.732. The Hall–Kier alpha value is -2.49. The number of methoxy groups -OCH3 is 1. The molecule has 0 amide bonds. The van der Waals surface area contributed by atoms with Crippen LogP contribution in [0.2, 0.25) is 0 Å². The van der Waals surface area contributed by atoms with Crippen molar-refractivity contribution in [2.24, 2.45) is 0 Å². The van der Waals surface area contributed by atoms with Crippen LogP contribution >= 0.6 is 0 Å². The highest BCUT2D eigenvalue weighted by molar-refractivity contribution is 5.97. The van der Waals surface area contributed by atoms with Crippen molar-refractivity contribution in [3.63, 3.8) is 0 Å². The lowest BCUT2D eigenvalue weighted by Gasteiger charge is -2.11. The second-order valence-electron chi connectivity index (χ2n) is 4.32. The molecule has 110 valence electrons. The zero-order valence-corrected chi connectivity index (χ0v) is 12.2. The van der Waals surface area contributed by atoms with Crippen molar-refractivity contribution in [2.45, 2.75) is 6.92 Å². The Labute approximate surface area is 124 Å². The Morgan fingerprint density at radius 2 is 1.57 bits per heavy atom. The first-order valence-corrected chi connectivity index (χ1v) is 6.76. The van der Waals surface area contributed by atoms with E-state index < -0.39 is 0 Å². The standard InChI is InChI=1S/C17H18O4/c1-3-20-16-6-4-5-7-17(16)21-12-15(18)13-8-10-14(19-2)11-9-13/h4-11H,3,12H2,1-2H3. The van der Waals surface area contributed by atoms with E-state index in [-0.39, 0.29) is 12.4 Å². The number of carbonyl (C=O) groups is 1. The van der Waals surface area contributed by atoms with Crippen LogP contribution in [0.4, 0.5) is 0 Å². The molecule has 0 aliphatic rings. The lowest BCUT2D eigenvalue weighted by atomic mass is 10.1. The van der Waals surface area contributed by atoms with Crippen LogP contribution < -0.4 is 14.2 Å². The molecule has 0 N–H and O–H groups in total. The van der Waals surface area contributed by atoms with E-state index >= 15 is 0 Å². The molecule has 0 aliphatic carbocycles. The third-order valence-electron chi connectivity index (χ3n) is 2.92. The van der Waals surface area contributed by atoms with Gasteiger partial charge in [-0.3, -0.25) is 4.79 Å². The first-order chi connectivity index (χ1) is 10.2. The van der Waals surface area contributed by atoms with Gasteiger partial charge in [-0.2, -0.15) is 0 Å². The van der Waals surface area contributed by atoms with Crippen LogP contribution in [-0.2, 0) is 0 Å². The van der Waals surface area contributed by atoms with Gasteiger partial charge < -0.3 is 14.2 Å². The third-order valence-corrected chi connectivity index (χ3v) is 2.92. The minimum Gasteiger partial charge on any atom is -0.497 e. The van der Waals surface area contributed by atoms with Gasteiger partial charge in [-0.1, -0.05) is 12.1 Å². The molecule has 4 heteroatoms. The highest BCUT2D eigenvalue weighted by Crippen LogP contribution is 2.26. The van der Waals surface area contributed by atoms with Gasteiger partial charge in [0.1, 0.15) is 5.75 Å². The molecule has 0 atom stereocenters. The number of hydrogen-bond acceptors (Lipinski definition) is 4. The lowest BCUT2D eigenvalue weighted by molar-refractivity contribution is 0.0919. The van der Waals surface area contributed by atoms with Gasteiger partial charge in [0.2, 0.25) is 0 Å². The van der Waals surface area contributed by atoms with Crippen molar-refractivity contribution in [2.75, 3.05) is 20.3 Å². The minimum atomic E-state index is -0.0936. The number of Topliss-reactive ketones (excluding diaryl/α,β-unsaturated/α-hetero) is 1. The van der Waals surface area contributed by atoms with Gasteiger partial charge in [0.05, 0.1) is 13.7 Å². The van der Waals surface area contributed by atoms with Gasteiger partial charge in [-0.15, -0.1) is 0 Å². The summed E-state index contributed by atoms with van der Waals surface area (Å²) in [4.78, 5) is 12.1. The maximum absolute atomic E-state index is 12.1. The van der Waals surface area contributed by atoms with Crippen LogP contribution in [-0.4, -0.2) is 26.1 Å². The molecule has 0 unspecified atom stereocenters. The highest BCUT2D eigenvalue weighted by Gasteiger charge is 2.09. The molecule has 0 bridgehead atoms. The number of rotatable bonds is 7. The number of hydrogen-bond donors (Lipinski definition) is 0. The van der Waals surface area contributed by atoms with Gasteiger partial charge in [-0.25, -0.2) is 0 Å². The molecular formula is C17H18O4. The Kier molecular flexibility index (Phi) is 5.21. The smallest absolute Gasteiger partial charge is 0.200 e. The van der Waals surface area contributed by atoms with Gasteiger partial charge in [-0.05, 0) is 43.3 Å². The minimum absolute atomic E-state index is 0.0313. The highest BCUT2D eigenvalue weighted by atomic mass is 16.5. The van der Waals surface area contributed by atoms with Crippen LogP contribution in [0.3, 0.4) is 0 Å². The van der Waals surface area contributed by atoms with Crippen molar-refractivity contribution in [1.29, 1.82) is 0 Å². The van der Waals surface area contributed by atoms with Gasteiger partial charge in [0.25, 0.3) is 0 Å². The fourth-order valence-electron chi connectivity index (χ4n) is 1.85. The zero-order chi connectivity index (χ0) is 15.1. The molecule has 4 nitrogen and oxygen atoms in total. The Bertz CT molecular complexity index is 590. The predicted octanol–water partition coefficient (Wildman–Crippen LogP) is 3.36. The molecule has 21 heavy (non-hydrogen) atoms. The molecule has 0 aliphatic heterocycles. The largest absolute Gasteiger partial charge is 0.497 e. The first kappa shape index (κ1) is 14.9.